The number of aliphatic hydroxyl groups is 1. The summed E-state index contributed by atoms with van der Waals surface area (Å²) >= 11 is 8.16. The molecular formula is C18H19ClINO3. The predicted octanol–water partition coefficient (Wildman–Crippen LogP) is 4.59. The summed E-state index contributed by atoms with van der Waals surface area (Å²) < 4.78 is 1.13. The standard InChI is InChI=1S/C18H19ClINO3/c1-12(9-13-5-7-16(20)8-6-13)21(18(23)24)11-17(22)14-3-2-4-15(19)10-14/h2-8,10,12,17,22H,9,11H2,1H3,(H,23,24)/t12-,17-/m1/s1. The highest BCUT2D eigenvalue weighted by molar-refractivity contribution is 14.1. The van der Waals surface area contributed by atoms with Gasteiger partial charge in [-0.2, -0.15) is 0 Å². The van der Waals surface area contributed by atoms with E-state index in [2.05, 4.69) is 22.6 Å². The van der Waals surface area contributed by atoms with Crippen molar-refractivity contribution >= 4 is 40.3 Å². The molecule has 0 spiro atoms. The third-order valence-electron chi connectivity index (χ3n) is 3.83. The number of benzene rings is 2. The Bertz CT molecular complexity index is 693. The summed E-state index contributed by atoms with van der Waals surface area (Å²) in [6.07, 6.45) is -1.38. The van der Waals surface area contributed by atoms with E-state index in [0.717, 1.165) is 9.13 Å². The average molecular weight is 460 g/mol. The van der Waals surface area contributed by atoms with Gasteiger partial charge in [-0.3, -0.25) is 0 Å². The lowest BCUT2D eigenvalue weighted by Crippen LogP contribution is -2.41. The summed E-state index contributed by atoms with van der Waals surface area (Å²) in [5, 5.41) is 20.4. The van der Waals surface area contributed by atoms with E-state index >= 15 is 0 Å². The van der Waals surface area contributed by atoms with Crippen molar-refractivity contribution in [2.75, 3.05) is 6.54 Å². The van der Waals surface area contributed by atoms with Gasteiger partial charge in [-0.05, 0) is 71.3 Å². The normalized spacial score (nSPS) is 13.3. The Morgan fingerprint density at radius 3 is 2.50 bits per heavy atom. The van der Waals surface area contributed by atoms with Crippen molar-refractivity contribution in [3.8, 4) is 0 Å². The van der Waals surface area contributed by atoms with Gasteiger partial charge in [0.05, 0.1) is 12.6 Å². The molecule has 0 fully saturated rings. The number of amides is 1. The molecule has 0 bridgehead atoms. The van der Waals surface area contributed by atoms with Gasteiger partial charge in [0.1, 0.15) is 0 Å². The summed E-state index contributed by atoms with van der Waals surface area (Å²) in [6.45, 7) is 1.85. The molecule has 2 atom stereocenters. The highest BCUT2D eigenvalue weighted by Gasteiger charge is 2.23. The van der Waals surface area contributed by atoms with Gasteiger partial charge >= 0.3 is 6.09 Å². The fourth-order valence-electron chi connectivity index (χ4n) is 2.52. The number of aliphatic hydroxyl groups excluding tert-OH is 1. The summed E-state index contributed by atoms with van der Waals surface area (Å²) in [5.41, 5.74) is 1.67. The Kier molecular flexibility index (Phi) is 6.89. The number of carboxylic acid groups (broad SMARTS) is 1. The quantitative estimate of drug-likeness (QED) is 0.621. The van der Waals surface area contributed by atoms with Crippen molar-refractivity contribution in [1.29, 1.82) is 0 Å². The van der Waals surface area contributed by atoms with E-state index in [1.54, 1.807) is 24.3 Å². The lowest BCUT2D eigenvalue weighted by Gasteiger charge is -2.29. The van der Waals surface area contributed by atoms with Crippen LogP contribution in [0, 0.1) is 3.57 Å². The van der Waals surface area contributed by atoms with Crippen LogP contribution in [0.25, 0.3) is 0 Å². The van der Waals surface area contributed by atoms with Gasteiger partial charge in [0.25, 0.3) is 0 Å². The van der Waals surface area contributed by atoms with Gasteiger partial charge in [-0.1, -0.05) is 35.9 Å². The van der Waals surface area contributed by atoms with Gasteiger partial charge in [-0.15, -0.1) is 0 Å². The molecule has 0 saturated carbocycles. The van der Waals surface area contributed by atoms with Gasteiger partial charge in [0, 0.05) is 14.6 Å². The number of carbonyl (C=O) groups is 1. The molecule has 0 radical (unpaired) electrons. The van der Waals surface area contributed by atoms with Crippen LogP contribution in [0.15, 0.2) is 48.5 Å². The second-order valence-corrected chi connectivity index (χ2v) is 7.37. The first-order chi connectivity index (χ1) is 11.4. The van der Waals surface area contributed by atoms with Gasteiger partial charge in [0.15, 0.2) is 0 Å². The zero-order valence-electron chi connectivity index (χ0n) is 13.2. The molecule has 0 aliphatic heterocycles. The van der Waals surface area contributed by atoms with Crippen LogP contribution in [0.5, 0.6) is 0 Å². The molecular weight excluding hydrogens is 441 g/mol. The van der Waals surface area contributed by atoms with E-state index in [-0.39, 0.29) is 12.6 Å². The monoisotopic (exact) mass is 459 g/mol. The van der Waals surface area contributed by atoms with Crippen molar-refractivity contribution in [1.82, 2.24) is 4.90 Å². The molecule has 0 saturated heterocycles. The van der Waals surface area contributed by atoms with E-state index in [1.807, 2.05) is 31.2 Å². The van der Waals surface area contributed by atoms with Crippen molar-refractivity contribution < 1.29 is 15.0 Å². The molecule has 1 amide bonds. The first kappa shape index (κ1) is 19.0. The molecule has 0 aliphatic carbocycles. The third kappa shape index (κ3) is 5.36. The molecule has 2 rings (SSSR count). The van der Waals surface area contributed by atoms with Gasteiger partial charge in [0.2, 0.25) is 0 Å². The molecule has 2 aromatic carbocycles. The highest BCUT2D eigenvalue weighted by Crippen LogP contribution is 2.20. The Hall–Kier alpha value is -1.31. The van der Waals surface area contributed by atoms with Crippen molar-refractivity contribution in [2.45, 2.75) is 25.5 Å². The van der Waals surface area contributed by atoms with E-state index in [1.165, 1.54) is 4.90 Å². The average Bonchev–Trinajstić information content (AvgIpc) is 2.54. The maximum Gasteiger partial charge on any atom is 0.407 e. The Labute approximate surface area is 160 Å². The zero-order chi connectivity index (χ0) is 17.7. The smallest absolute Gasteiger partial charge is 0.407 e. The highest BCUT2D eigenvalue weighted by atomic mass is 127. The van der Waals surface area contributed by atoms with Crippen LogP contribution in [0.3, 0.4) is 0 Å². The van der Waals surface area contributed by atoms with E-state index in [0.29, 0.717) is 17.0 Å². The Morgan fingerprint density at radius 2 is 1.92 bits per heavy atom. The van der Waals surface area contributed by atoms with Crippen LogP contribution >= 0.6 is 34.2 Å². The molecule has 0 aliphatic rings. The maximum atomic E-state index is 11.6. The molecule has 2 N–H and O–H groups in total. The lowest BCUT2D eigenvalue weighted by molar-refractivity contribution is 0.0799. The van der Waals surface area contributed by atoms with Crippen LogP contribution in [0.1, 0.15) is 24.2 Å². The Balaban J connectivity index is 2.07. The maximum absolute atomic E-state index is 11.6. The Morgan fingerprint density at radius 1 is 1.25 bits per heavy atom. The van der Waals surface area contributed by atoms with Crippen LogP contribution in [-0.2, 0) is 6.42 Å². The summed E-state index contributed by atoms with van der Waals surface area (Å²) in [5.74, 6) is 0. The van der Waals surface area contributed by atoms with E-state index < -0.39 is 12.2 Å². The van der Waals surface area contributed by atoms with Crippen molar-refractivity contribution in [3.05, 3.63) is 68.3 Å². The SMILES string of the molecule is C[C@H](Cc1ccc(I)cc1)N(C[C@@H](O)c1cccc(Cl)c1)C(=O)O. The second-order valence-electron chi connectivity index (χ2n) is 5.69. The molecule has 4 nitrogen and oxygen atoms in total. The minimum absolute atomic E-state index is 0.00120. The number of hydrogen-bond acceptors (Lipinski definition) is 2. The van der Waals surface area contributed by atoms with Crippen molar-refractivity contribution in [3.63, 3.8) is 0 Å². The number of halogens is 2. The van der Waals surface area contributed by atoms with Gasteiger partial charge in [-0.25, -0.2) is 4.79 Å². The van der Waals surface area contributed by atoms with Gasteiger partial charge < -0.3 is 15.1 Å². The first-order valence-corrected chi connectivity index (χ1v) is 9.00. The summed E-state index contributed by atoms with van der Waals surface area (Å²) in [4.78, 5) is 12.9. The topological polar surface area (TPSA) is 60.8 Å². The molecule has 6 heteroatoms. The molecule has 0 aromatic heterocycles. The fraction of sp³-hybridized carbons (Fsp3) is 0.278. The van der Waals surface area contributed by atoms with Crippen LogP contribution < -0.4 is 0 Å². The largest absolute Gasteiger partial charge is 0.465 e. The van der Waals surface area contributed by atoms with E-state index in [9.17, 15) is 15.0 Å². The predicted molar refractivity (Wildman–Crippen MR) is 103 cm³/mol. The molecule has 2 aromatic rings. The number of nitrogens with zero attached hydrogens (tertiary/aromatic N) is 1. The zero-order valence-corrected chi connectivity index (χ0v) is 16.1. The summed E-state index contributed by atoms with van der Waals surface area (Å²) in [6, 6.07) is 14.6. The summed E-state index contributed by atoms with van der Waals surface area (Å²) in [7, 11) is 0. The lowest BCUT2D eigenvalue weighted by atomic mass is 10.0. The first-order valence-electron chi connectivity index (χ1n) is 7.54. The molecule has 0 unspecified atom stereocenters. The van der Waals surface area contributed by atoms with Crippen LogP contribution in [0.4, 0.5) is 4.79 Å². The molecule has 128 valence electrons. The van der Waals surface area contributed by atoms with E-state index in [4.69, 9.17) is 11.6 Å². The van der Waals surface area contributed by atoms with Crippen molar-refractivity contribution in [2.24, 2.45) is 0 Å². The second kappa shape index (κ2) is 8.69. The van der Waals surface area contributed by atoms with Crippen LogP contribution in [0.2, 0.25) is 5.02 Å². The minimum atomic E-state index is -1.05. The number of rotatable bonds is 6. The number of hydrogen-bond donors (Lipinski definition) is 2. The fourth-order valence-corrected chi connectivity index (χ4v) is 3.08. The molecule has 0 heterocycles. The third-order valence-corrected chi connectivity index (χ3v) is 4.78. The molecule has 24 heavy (non-hydrogen) atoms. The van der Waals surface area contributed by atoms with Crippen LogP contribution in [-0.4, -0.2) is 33.8 Å². The minimum Gasteiger partial charge on any atom is -0.465 e.